The first kappa shape index (κ1) is 19.8. The zero-order valence-electron chi connectivity index (χ0n) is 15.6. The van der Waals surface area contributed by atoms with Gasteiger partial charge in [0, 0.05) is 19.6 Å². The molecule has 3 N–H and O–H groups in total. The lowest BCUT2D eigenvalue weighted by molar-refractivity contribution is 0.0954. The normalized spacial score (nSPS) is 12.6. The molecule has 8 heteroatoms. The minimum Gasteiger partial charge on any atom is -0.454 e. The summed E-state index contributed by atoms with van der Waals surface area (Å²) >= 11 is 6.04. The fraction of sp³-hybridized carbons (Fsp3) is 0.300. The van der Waals surface area contributed by atoms with Crippen molar-refractivity contribution < 1.29 is 14.3 Å². The van der Waals surface area contributed by atoms with Crippen LogP contribution in [0.15, 0.2) is 47.5 Å². The summed E-state index contributed by atoms with van der Waals surface area (Å²) in [6, 6.07) is 12.7. The van der Waals surface area contributed by atoms with E-state index in [2.05, 4.69) is 20.9 Å². The van der Waals surface area contributed by atoms with E-state index in [1.54, 1.807) is 24.3 Å². The molecule has 0 atom stereocenters. The highest BCUT2D eigenvalue weighted by Gasteiger charge is 2.13. The summed E-state index contributed by atoms with van der Waals surface area (Å²) in [7, 11) is 0. The Labute approximate surface area is 169 Å². The van der Waals surface area contributed by atoms with Crippen molar-refractivity contribution in [2.45, 2.75) is 13.5 Å². The molecule has 0 radical (unpaired) electrons. The van der Waals surface area contributed by atoms with Gasteiger partial charge in [0.05, 0.1) is 17.1 Å². The number of halogens is 1. The third-order valence-corrected chi connectivity index (χ3v) is 4.35. The molecule has 0 unspecified atom stereocenters. The van der Waals surface area contributed by atoms with Gasteiger partial charge in [-0.25, -0.2) is 4.99 Å². The van der Waals surface area contributed by atoms with Gasteiger partial charge in [0.25, 0.3) is 5.91 Å². The third kappa shape index (κ3) is 5.29. The molecule has 0 spiro atoms. The molecule has 7 nitrogen and oxygen atoms in total. The maximum absolute atomic E-state index is 12.1. The summed E-state index contributed by atoms with van der Waals surface area (Å²) in [5, 5.41) is 9.66. The van der Waals surface area contributed by atoms with Crippen LogP contribution in [0.1, 0.15) is 22.8 Å². The number of hydrogen-bond acceptors (Lipinski definition) is 4. The minimum absolute atomic E-state index is 0.199. The molecule has 2 aromatic carbocycles. The number of nitrogens with zero attached hydrogens (tertiary/aromatic N) is 1. The average molecular weight is 403 g/mol. The van der Waals surface area contributed by atoms with E-state index in [1.807, 2.05) is 25.1 Å². The molecular formula is C20H23ClN4O3. The van der Waals surface area contributed by atoms with Crippen molar-refractivity contribution in [3.8, 4) is 11.5 Å². The van der Waals surface area contributed by atoms with Crippen LogP contribution >= 0.6 is 11.6 Å². The zero-order chi connectivity index (χ0) is 19.8. The van der Waals surface area contributed by atoms with Crippen LogP contribution in [0, 0.1) is 0 Å². The summed E-state index contributed by atoms with van der Waals surface area (Å²) in [5.74, 6) is 1.97. The van der Waals surface area contributed by atoms with E-state index in [-0.39, 0.29) is 12.7 Å². The van der Waals surface area contributed by atoms with Crippen molar-refractivity contribution >= 4 is 23.5 Å². The summed E-state index contributed by atoms with van der Waals surface area (Å²) in [6.07, 6.45) is 0. The predicted octanol–water partition coefficient (Wildman–Crippen LogP) is 2.55. The van der Waals surface area contributed by atoms with Crippen molar-refractivity contribution in [1.29, 1.82) is 0 Å². The van der Waals surface area contributed by atoms with Crippen molar-refractivity contribution in [3.05, 3.63) is 58.6 Å². The first-order valence-electron chi connectivity index (χ1n) is 9.11. The Morgan fingerprint density at radius 3 is 2.68 bits per heavy atom. The second-order valence-corrected chi connectivity index (χ2v) is 6.45. The molecule has 1 aliphatic rings. The number of nitrogens with one attached hydrogen (secondary N) is 3. The SMILES string of the molecule is CCNC(=NCc1ccc2c(c1)OCO2)NCCNC(=O)c1ccccc1Cl. The number of carbonyl (C=O) groups excluding carboxylic acids is 1. The number of aliphatic imine (C=N–C) groups is 1. The van der Waals surface area contributed by atoms with Crippen LogP contribution in [0.5, 0.6) is 11.5 Å². The van der Waals surface area contributed by atoms with Gasteiger partial charge in [-0.2, -0.15) is 0 Å². The number of benzene rings is 2. The van der Waals surface area contributed by atoms with Crippen molar-refractivity contribution in [3.63, 3.8) is 0 Å². The minimum atomic E-state index is -0.199. The van der Waals surface area contributed by atoms with Gasteiger partial charge in [-0.3, -0.25) is 4.79 Å². The van der Waals surface area contributed by atoms with Gasteiger partial charge in [-0.1, -0.05) is 29.8 Å². The van der Waals surface area contributed by atoms with Crippen LogP contribution in [0.2, 0.25) is 5.02 Å². The molecule has 28 heavy (non-hydrogen) atoms. The number of fused-ring (bicyclic) bond motifs is 1. The van der Waals surface area contributed by atoms with E-state index in [0.717, 1.165) is 23.6 Å². The monoisotopic (exact) mass is 402 g/mol. The summed E-state index contributed by atoms with van der Waals surface area (Å²) in [5.41, 5.74) is 1.49. The van der Waals surface area contributed by atoms with E-state index < -0.39 is 0 Å². The number of amides is 1. The molecule has 3 rings (SSSR count). The van der Waals surface area contributed by atoms with E-state index in [9.17, 15) is 4.79 Å². The molecule has 1 heterocycles. The van der Waals surface area contributed by atoms with Crippen LogP contribution in [0.4, 0.5) is 0 Å². The quantitative estimate of drug-likeness (QED) is 0.376. The van der Waals surface area contributed by atoms with E-state index in [1.165, 1.54) is 0 Å². The summed E-state index contributed by atoms with van der Waals surface area (Å²) < 4.78 is 10.7. The first-order chi connectivity index (χ1) is 13.7. The fourth-order valence-corrected chi connectivity index (χ4v) is 2.87. The topological polar surface area (TPSA) is 84.0 Å². The van der Waals surface area contributed by atoms with Crippen LogP contribution < -0.4 is 25.4 Å². The van der Waals surface area contributed by atoms with Gasteiger partial charge in [0.2, 0.25) is 6.79 Å². The highest BCUT2D eigenvalue weighted by atomic mass is 35.5. The maximum Gasteiger partial charge on any atom is 0.252 e. The van der Waals surface area contributed by atoms with E-state index in [4.69, 9.17) is 21.1 Å². The van der Waals surface area contributed by atoms with Crippen molar-refractivity contribution in [1.82, 2.24) is 16.0 Å². The Bertz CT molecular complexity index is 857. The number of ether oxygens (including phenoxy) is 2. The van der Waals surface area contributed by atoms with E-state index in [0.29, 0.717) is 36.2 Å². The number of guanidine groups is 1. The largest absolute Gasteiger partial charge is 0.454 e. The molecule has 148 valence electrons. The molecular weight excluding hydrogens is 380 g/mol. The fourth-order valence-electron chi connectivity index (χ4n) is 2.65. The van der Waals surface area contributed by atoms with Crippen LogP contribution in [-0.2, 0) is 6.54 Å². The smallest absolute Gasteiger partial charge is 0.252 e. The third-order valence-electron chi connectivity index (χ3n) is 4.02. The van der Waals surface area contributed by atoms with Crippen LogP contribution in [-0.4, -0.2) is 38.3 Å². The molecule has 2 aromatic rings. The van der Waals surface area contributed by atoms with Gasteiger partial charge in [0.1, 0.15) is 0 Å². The Morgan fingerprint density at radius 1 is 1.07 bits per heavy atom. The van der Waals surface area contributed by atoms with Crippen molar-refractivity contribution in [2.75, 3.05) is 26.4 Å². The Kier molecular flexibility index (Phi) is 6.97. The molecule has 0 fully saturated rings. The Hall–Kier alpha value is -2.93. The van der Waals surface area contributed by atoms with Gasteiger partial charge in [-0.15, -0.1) is 0 Å². The highest BCUT2D eigenvalue weighted by Crippen LogP contribution is 2.32. The van der Waals surface area contributed by atoms with Gasteiger partial charge < -0.3 is 25.4 Å². The highest BCUT2D eigenvalue weighted by molar-refractivity contribution is 6.33. The van der Waals surface area contributed by atoms with Crippen LogP contribution in [0.25, 0.3) is 0 Å². The summed E-state index contributed by atoms with van der Waals surface area (Å²) in [4.78, 5) is 16.7. The Morgan fingerprint density at radius 2 is 1.86 bits per heavy atom. The standard InChI is InChI=1S/C20H23ClN4O3/c1-2-22-20(25-12-14-7-8-17-18(11-14)28-13-27-17)24-10-9-23-19(26)15-5-3-4-6-16(15)21/h3-8,11H,2,9-10,12-13H2,1H3,(H,23,26)(H2,22,24,25). The van der Waals surface area contributed by atoms with Crippen LogP contribution in [0.3, 0.4) is 0 Å². The predicted molar refractivity (Wildman–Crippen MR) is 109 cm³/mol. The lowest BCUT2D eigenvalue weighted by atomic mass is 10.2. The average Bonchev–Trinajstić information content (AvgIpc) is 3.17. The summed E-state index contributed by atoms with van der Waals surface area (Å²) in [6.45, 7) is 4.46. The second kappa shape index (κ2) is 9.85. The van der Waals surface area contributed by atoms with Gasteiger partial charge in [-0.05, 0) is 36.8 Å². The van der Waals surface area contributed by atoms with Gasteiger partial charge in [0.15, 0.2) is 17.5 Å². The molecule has 0 aromatic heterocycles. The van der Waals surface area contributed by atoms with Crippen molar-refractivity contribution in [2.24, 2.45) is 4.99 Å². The number of rotatable bonds is 7. The Balaban J connectivity index is 1.48. The lowest BCUT2D eigenvalue weighted by Gasteiger charge is -2.12. The molecule has 1 aliphatic heterocycles. The number of carbonyl (C=O) groups is 1. The first-order valence-corrected chi connectivity index (χ1v) is 9.48. The van der Waals surface area contributed by atoms with Gasteiger partial charge >= 0.3 is 0 Å². The second-order valence-electron chi connectivity index (χ2n) is 6.05. The van der Waals surface area contributed by atoms with E-state index >= 15 is 0 Å². The lowest BCUT2D eigenvalue weighted by Crippen LogP contribution is -2.41. The maximum atomic E-state index is 12.1. The molecule has 1 amide bonds. The molecule has 0 saturated carbocycles. The molecule has 0 aliphatic carbocycles. The molecule has 0 saturated heterocycles. The zero-order valence-corrected chi connectivity index (χ0v) is 16.4. The number of hydrogen-bond donors (Lipinski definition) is 3. The molecule has 0 bridgehead atoms.